The summed E-state index contributed by atoms with van der Waals surface area (Å²) < 4.78 is 0. The van der Waals surface area contributed by atoms with Crippen LogP contribution in [-0.2, 0) is 11.2 Å². The average Bonchev–Trinajstić information content (AvgIpc) is 2.28. The van der Waals surface area contributed by atoms with Gasteiger partial charge in [0, 0.05) is 10.6 Å². The predicted molar refractivity (Wildman–Crippen MR) is 72.7 cm³/mol. The molecule has 0 unspecified atom stereocenters. The van der Waals surface area contributed by atoms with Crippen LogP contribution in [0.3, 0.4) is 0 Å². The molecule has 17 heavy (non-hydrogen) atoms. The van der Waals surface area contributed by atoms with Gasteiger partial charge in [-0.25, -0.2) is 0 Å². The van der Waals surface area contributed by atoms with Gasteiger partial charge in [-0.05, 0) is 44.4 Å². The van der Waals surface area contributed by atoms with Crippen molar-refractivity contribution >= 4 is 29.1 Å². The fourth-order valence-corrected chi connectivity index (χ4v) is 1.77. The third-order valence-electron chi connectivity index (χ3n) is 2.55. The van der Waals surface area contributed by atoms with Gasteiger partial charge in [-0.3, -0.25) is 4.79 Å². The Kier molecular flexibility index (Phi) is 5.29. The van der Waals surface area contributed by atoms with E-state index in [-0.39, 0.29) is 17.3 Å². The normalized spacial score (nSPS) is 11.3. The van der Waals surface area contributed by atoms with Crippen molar-refractivity contribution < 1.29 is 4.79 Å². The maximum Gasteiger partial charge on any atom is 0.235 e. The van der Waals surface area contributed by atoms with Crippen LogP contribution in [-0.4, -0.2) is 17.3 Å². The van der Waals surface area contributed by atoms with Gasteiger partial charge in [-0.2, -0.15) is 0 Å². The van der Waals surface area contributed by atoms with Crippen molar-refractivity contribution in [2.24, 2.45) is 0 Å². The summed E-state index contributed by atoms with van der Waals surface area (Å²) >= 11 is 11.3. The molecule has 1 rings (SSSR count). The Morgan fingerprint density at radius 1 is 1.29 bits per heavy atom. The molecular weight excluding hydrogens is 257 g/mol. The number of rotatable bonds is 5. The smallest absolute Gasteiger partial charge is 0.235 e. The zero-order chi connectivity index (χ0) is 12.9. The predicted octanol–water partition coefficient (Wildman–Crippen LogP) is 3.41. The summed E-state index contributed by atoms with van der Waals surface area (Å²) in [5.41, 5.74) is 0.966. The van der Waals surface area contributed by atoms with E-state index in [2.05, 4.69) is 5.32 Å². The Balaban J connectivity index is 2.49. The third kappa shape index (κ3) is 5.42. The van der Waals surface area contributed by atoms with Crippen LogP contribution in [0.25, 0.3) is 0 Å². The highest BCUT2D eigenvalue weighted by Crippen LogP contribution is 2.16. The first kappa shape index (κ1) is 14.3. The van der Waals surface area contributed by atoms with E-state index in [4.69, 9.17) is 23.2 Å². The molecule has 0 fully saturated rings. The second-order valence-electron chi connectivity index (χ2n) is 4.69. The molecule has 0 aliphatic carbocycles. The molecule has 0 radical (unpaired) electrons. The van der Waals surface area contributed by atoms with E-state index >= 15 is 0 Å². The van der Waals surface area contributed by atoms with E-state index in [0.29, 0.717) is 0 Å². The summed E-state index contributed by atoms with van der Waals surface area (Å²) in [7, 11) is 0. The summed E-state index contributed by atoms with van der Waals surface area (Å²) in [6.45, 7) is 3.99. The van der Waals surface area contributed by atoms with Crippen molar-refractivity contribution in [3.8, 4) is 0 Å². The van der Waals surface area contributed by atoms with Gasteiger partial charge in [0.2, 0.25) is 5.91 Å². The minimum absolute atomic E-state index is 0.00434. The number of carbonyl (C=O) groups is 1. The monoisotopic (exact) mass is 273 g/mol. The quantitative estimate of drug-likeness (QED) is 0.819. The average molecular weight is 274 g/mol. The maximum absolute atomic E-state index is 11.2. The van der Waals surface area contributed by atoms with Crippen LogP contribution in [0, 0.1) is 0 Å². The van der Waals surface area contributed by atoms with E-state index in [1.54, 1.807) is 0 Å². The zero-order valence-corrected chi connectivity index (χ0v) is 11.6. The lowest BCUT2D eigenvalue weighted by atomic mass is 9.95. The van der Waals surface area contributed by atoms with Crippen LogP contribution in [0.1, 0.15) is 25.8 Å². The number of hydrogen-bond acceptors (Lipinski definition) is 1. The van der Waals surface area contributed by atoms with Crippen LogP contribution in [0.15, 0.2) is 24.3 Å². The highest BCUT2D eigenvalue weighted by Gasteiger charge is 2.19. The zero-order valence-electron chi connectivity index (χ0n) is 10.1. The first-order chi connectivity index (χ1) is 7.93. The number of amides is 1. The standard InChI is InChI=1S/C13H17Cl2NO/c1-13(2,16-12(17)9-14)8-7-10-3-5-11(15)6-4-10/h3-6H,7-9H2,1-2H3,(H,16,17). The first-order valence-corrected chi connectivity index (χ1v) is 6.45. The van der Waals surface area contributed by atoms with Crippen LogP contribution in [0.5, 0.6) is 0 Å². The minimum atomic E-state index is -0.244. The van der Waals surface area contributed by atoms with E-state index in [9.17, 15) is 4.79 Å². The lowest BCUT2D eigenvalue weighted by Crippen LogP contribution is -2.44. The van der Waals surface area contributed by atoms with Crippen molar-refractivity contribution in [3.63, 3.8) is 0 Å². The van der Waals surface area contributed by atoms with Gasteiger partial charge in [-0.15, -0.1) is 11.6 Å². The maximum atomic E-state index is 11.2. The SMILES string of the molecule is CC(C)(CCc1ccc(Cl)cc1)NC(=O)CCl. The van der Waals surface area contributed by atoms with Crippen molar-refractivity contribution in [2.75, 3.05) is 5.88 Å². The van der Waals surface area contributed by atoms with Crippen LogP contribution >= 0.6 is 23.2 Å². The summed E-state index contributed by atoms with van der Waals surface area (Å²) in [6, 6.07) is 7.76. The third-order valence-corrected chi connectivity index (χ3v) is 3.05. The summed E-state index contributed by atoms with van der Waals surface area (Å²) in [5.74, 6) is -0.127. The summed E-state index contributed by atoms with van der Waals surface area (Å²) in [5, 5.41) is 3.63. The Bertz CT molecular complexity index is 374. The molecule has 0 saturated heterocycles. The van der Waals surface area contributed by atoms with Gasteiger partial charge >= 0.3 is 0 Å². The van der Waals surface area contributed by atoms with Crippen molar-refractivity contribution in [2.45, 2.75) is 32.2 Å². The summed E-state index contributed by atoms with van der Waals surface area (Å²) in [6.07, 6.45) is 1.75. The molecule has 0 spiro atoms. The van der Waals surface area contributed by atoms with Gasteiger partial charge in [0.15, 0.2) is 0 Å². The number of carbonyl (C=O) groups excluding carboxylic acids is 1. The number of hydrogen-bond donors (Lipinski definition) is 1. The molecule has 2 nitrogen and oxygen atoms in total. The molecule has 0 aliphatic heterocycles. The second kappa shape index (κ2) is 6.27. The van der Waals surface area contributed by atoms with Crippen molar-refractivity contribution in [3.05, 3.63) is 34.9 Å². The summed E-state index contributed by atoms with van der Waals surface area (Å²) in [4.78, 5) is 11.2. The van der Waals surface area contributed by atoms with Gasteiger partial charge in [-0.1, -0.05) is 23.7 Å². The molecule has 1 N–H and O–H groups in total. The Morgan fingerprint density at radius 3 is 2.41 bits per heavy atom. The lowest BCUT2D eigenvalue weighted by molar-refractivity contribution is -0.120. The molecule has 0 aliphatic rings. The minimum Gasteiger partial charge on any atom is -0.350 e. The Labute approximate surface area is 112 Å². The highest BCUT2D eigenvalue weighted by atomic mass is 35.5. The van der Waals surface area contributed by atoms with Crippen LogP contribution in [0.4, 0.5) is 0 Å². The number of halogens is 2. The van der Waals surface area contributed by atoms with Crippen molar-refractivity contribution in [1.29, 1.82) is 0 Å². The molecule has 94 valence electrons. The largest absolute Gasteiger partial charge is 0.350 e. The van der Waals surface area contributed by atoms with E-state index < -0.39 is 0 Å². The number of nitrogens with one attached hydrogen (secondary N) is 1. The number of benzene rings is 1. The Hall–Kier alpha value is -0.730. The molecule has 1 aromatic carbocycles. The van der Waals surface area contributed by atoms with E-state index in [1.807, 2.05) is 38.1 Å². The molecule has 0 atom stereocenters. The van der Waals surface area contributed by atoms with E-state index in [1.165, 1.54) is 5.56 Å². The molecule has 0 bridgehead atoms. The molecule has 4 heteroatoms. The van der Waals surface area contributed by atoms with Crippen molar-refractivity contribution in [1.82, 2.24) is 5.32 Å². The fourth-order valence-electron chi connectivity index (χ4n) is 1.58. The van der Waals surface area contributed by atoms with Crippen LogP contribution < -0.4 is 5.32 Å². The molecule has 1 aromatic rings. The fraction of sp³-hybridized carbons (Fsp3) is 0.462. The second-order valence-corrected chi connectivity index (χ2v) is 5.40. The number of aryl methyl sites for hydroxylation is 1. The van der Waals surface area contributed by atoms with Gasteiger partial charge in [0.1, 0.15) is 5.88 Å². The molecule has 0 aromatic heterocycles. The van der Waals surface area contributed by atoms with Gasteiger partial charge in [0.05, 0.1) is 0 Å². The van der Waals surface area contributed by atoms with Gasteiger partial charge < -0.3 is 5.32 Å². The van der Waals surface area contributed by atoms with E-state index in [0.717, 1.165) is 17.9 Å². The lowest BCUT2D eigenvalue weighted by Gasteiger charge is -2.26. The molecule has 0 saturated carbocycles. The first-order valence-electron chi connectivity index (χ1n) is 5.54. The van der Waals surface area contributed by atoms with Crippen LogP contribution in [0.2, 0.25) is 5.02 Å². The number of alkyl halides is 1. The molecule has 1 amide bonds. The Morgan fingerprint density at radius 2 is 1.88 bits per heavy atom. The highest BCUT2D eigenvalue weighted by molar-refractivity contribution is 6.30. The topological polar surface area (TPSA) is 29.1 Å². The van der Waals surface area contributed by atoms with Gasteiger partial charge in [0.25, 0.3) is 0 Å². The molecule has 0 heterocycles. The molecular formula is C13H17Cl2NO.